The van der Waals surface area contributed by atoms with Gasteiger partial charge in [0.25, 0.3) is 5.91 Å². The molecule has 1 N–H and O–H groups in total. The molecule has 1 aliphatic rings. The Morgan fingerprint density at radius 2 is 1.81 bits per heavy atom. The Hall–Kier alpha value is -2.45. The van der Waals surface area contributed by atoms with Gasteiger partial charge in [-0.15, -0.1) is 0 Å². The molecule has 31 heavy (non-hydrogen) atoms. The molecule has 0 aliphatic carbocycles. The molecular weight excluding hydrogens is 465 g/mol. The van der Waals surface area contributed by atoms with Crippen molar-refractivity contribution in [2.75, 3.05) is 39.3 Å². The fraction of sp³-hybridized carbons (Fsp3) is 0.391. The highest BCUT2D eigenvalue weighted by molar-refractivity contribution is 9.10. The molecule has 0 atom stereocenters. The van der Waals surface area contributed by atoms with Crippen LogP contribution in [0.4, 0.5) is 4.39 Å². The van der Waals surface area contributed by atoms with E-state index in [1.807, 2.05) is 24.0 Å². The molecule has 8 heteroatoms. The molecule has 1 fully saturated rings. The van der Waals surface area contributed by atoms with Crippen molar-refractivity contribution >= 4 is 27.7 Å². The summed E-state index contributed by atoms with van der Waals surface area (Å²) in [5.41, 5.74) is 1.44. The van der Waals surface area contributed by atoms with Gasteiger partial charge >= 0.3 is 0 Å². The van der Waals surface area contributed by atoms with Gasteiger partial charge < -0.3 is 15.0 Å². The van der Waals surface area contributed by atoms with Crippen molar-refractivity contribution in [3.63, 3.8) is 0 Å². The molecule has 6 nitrogen and oxygen atoms in total. The second kappa shape index (κ2) is 11.2. The van der Waals surface area contributed by atoms with Crippen LogP contribution in [0.1, 0.15) is 29.3 Å². The highest BCUT2D eigenvalue weighted by Crippen LogP contribution is 2.18. The van der Waals surface area contributed by atoms with E-state index in [1.165, 1.54) is 23.8 Å². The number of carbonyl (C=O) groups excluding carboxylic acids is 2. The predicted molar refractivity (Wildman–Crippen MR) is 121 cm³/mol. The topological polar surface area (TPSA) is 61.9 Å². The Kier molecular flexibility index (Phi) is 8.43. The Bertz CT molecular complexity index is 899. The number of hydrogen-bond donors (Lipinski definition) is 1. The molecule has 0 unspecified atom stereocenters. The zero-order chi connectivity index (χ0) is 22.2. The number of rotatable bonds is 8. The molecular formula is C23H27BrFN3O3. The van der Waals surface area contributed by atoms with Crippen LogP contribution in [0.3, 0.4) is 0 Å². The van der Waals surface area contributed by atoms with E-state index in [9.17, 15) is 14.0 Å². The number of piperazine rings is 1. The van der Waals surface area contributed by atoms with Crippen LogP contribution >= 0.6 is 15.9 Å². The molecule has 2 aromatic carbocycles. The van der Waals surface area contributed by atoms with Crippen molar-refractivity contribution in [1.82, 2.24) is 15.1 Å². The number of halogens is 2. The van der Waals surface area contributed by atoms with Crippen molar-refractivity contribution in [2.24, 2.45) is 0 Å². The normalized spacial score (nSPS) is 14.4. The van der Waals surface area contributed by atoms with E-state index in [1.54, 1.807) is 0 Å². The van der Waals surface area contributed by atoms with Crippen LogP contribution in [0.15, 0.2) is 46.9 Å². The van der Waals surface area contributed by atoms with Gasteiger partial charge in [0, 0.05) is 50.2 Å². The van der Waals surface area contributed by atoms with E-state index in [2.05, 4.69) is 38.3 Å². The SMILES string of the molecule is CCOc1ccc(CN2CCN(C(=O)CCNC(=O)c3cc(F)ccc3Br)CC2)cc1. The maximum Gasteiger partial charge on any atom is 0.252 e. The lowest BCUT2D eigenvalue weighted by Crippen LogP contribution is -2.48. The van der Waals surface area contributed by atoms with Crippen LogP contribution < -0.4 is 10.1 Å². The summed E-state index contributed by atoms with van der Waals surface area (Å²) in [5.74, 6) is 0.00437. The number of hydrogen-bond acceptors (Lipinski definition) is 4. The molecule has 2 amide bonds. The number of nitrogens with one attached hydrogen (secondary N) is 1. The first-order chi connectivity index (χ1) is 15.0. The minimum atomic E-state index is -0.479. The van der Waals surface area contributed by atoms with Crippen molar-refractivity contribution in [3.05, 3.63) is 63.9 Å². The molecule has 3 rings (SSSR count). The summed E-state index contributed by atoms with van der Waals surface area (Å²) in [7, 11) is 0. The molecule has 0 bridgehead atoms. The summed E-state index contributed by atoms with van der Waals surface area (Å²) in [4.78, 5) is 28.8. The van der Waals surface area contributed by atoms with E-state index in [0.29, 0.717) is 24.2 Å². The number of nitrogens with zero attached hydrogens (tertiary/aromatic N) is 2. The zero-order valence-corrected chi connectivity index (χ0v) is 19.2. The zero-order valence-electron chi connectivity index (χ0n) is 17.6. The third-order valence-corrected chi connectivity index (χ3v) is 5.85. The predicted octanol–water partition coefficient (Wildman–Crippen LogP) is 3.45. The fourth-order valence-corrected chi connectivity index (χ4v) is 3.91. The molecule has 1 saturated heterocycles. The van der Waals surface area contributed by atoms with Gasteiger partial charge in [-0.05, 0) is 58.7 Å². The van der Waals surface area contributed by atoms with Gasteiger partial charge in [-0.2, -0.15) is 0 Å². The fourth-order valence-electron chi connectivity index (χ4n) is 3.48. The minimum absolute atomic E-state index is 0.0133. The molecule has 0 aromatic heterocycles. The average Bonchev–Trinajstić information content (AvgIpc) is 2.77. The monoisotopic (exact) mass is 491 g/mol. The summed E-state index contributed by atoms with van der Waals surface area (Å²) in [6, 6.07) is 12.0. The first-order valence-electron chi connectivity index (χ1n) is 10.4. The van der Waals surface area contributed by atoms with Crippen molar-refractivity contribution in [3.8, 4) is 5.75 Å². The van der Waals surface area contributed by atoms with E-state index in [0.717, 1.165) is 25.4 Å². The van der Waals surface area contributed by atoms with Crippen LogP contribution in [0.2, 0.25) is 0 Å². The van der Waals surface area contributed by atoms with Gasteiger partial charge in [-0.3, -0.25) is 14.5 Å². The van der Waals surface area contributed by atoms with Crippen molar-refractivity contribution < 1.29 is 18.7 Å². The third-order valence-electron chi connectivity index (χ3n) is 5.16. The first kappa shape index (κ1) is 23.2. The molecule has 0 radical (unpaired) electrons. The molecule has 2 aromatic rings. The van der Waals surface area contributed by atoms with E-state index < -0.39 is 11.7 Å². The number of benzene rings is 2. The van der Waals surface area contributed by atoms with Crippen LogP contribution in [-0.4, -0.2) is 60.9 Å². The Morgan fingerprint density at radius 3 is 2.48 bits per heavy atom. The molecule has 0 saturated carbocycles. The minimum Gasteiger partial charge on any atom is -0.494 e. The maximum absolute atomic E-state index is 13.3. The van der Waals surface area contributed by atoms with Crippen LogP contribution in [0.5, 0.6) is 5.75 Å². The van der Waals surface area contributed by atoms with Crippen molar-refractivity contribution in [1.29, 1.82) is 0 Å². The number of ether oxygens (including phenoxy) is 1. The second-order valence-corrected chi connectivity index (χ2v) is 8.22. The first-order valence-corrected chi connectivity index (χ1v) is 11.2. The summed E-state index contributed by atoms with van der Waals surface area (Å²) >= 11 is 3.24. The Balaban J connectivity index is 1.39. The van der Waals surface area contributed by atoms with Gasteiger partial charge in [0.05, 0.1) is 12.2 Å². The van der Waals surface area contributed by atoms with E-state index in [-0.39, 0.29) is 24.4 Å². The number of carbonyl (C=O) groups is 2. The van der Waals surface area contributed by atoms with Crippen LogP contribution in [0.25, 0.3) is 0 Å². The maximum atomic E-state index is 13.3. The second-order valence-electron chi connectivity index (χ2n) is 7.36. The van der Waals surface area contributed by atoms with Gasteiger partial charge in [-0.25, -0.2) is 4.39 Å². The van der Waals surface area contributed by atoms with Crippen LogP contribution in [-0.2, 0) is 11.3 Å². The summed E-state index contributed by atoms with van der Waals surface area (Å²) in [6.07, 6.45) is 0.220. The quantitative estimate of drug-likeness (QED) is 0.614. The standard InChI is InChI=1S/C23H27BrFN3O3/c1-2-31-19-6-3-17(4-7-19)16-27-11-13-28(14-12-27)22(29)9-10-26-23(30)20-15-18(25)5-8-21(20)24/h3-8,15H,2,9-14,16H2,1H3,(H,26,30). The summed E-state index contributed by atoms with van der Waals surface area (Å²) in [6.45, 7) is 6.62. The van der Waals surface area contributed by atoms with Gasteiger partial charge in [0.15, 0.2) is 0 Å². The lowest BCUT2D eigenvalue weighted by atomic mass is 10.2. The average molecular weight is 492 g/mol. The van der Waals surface area contributed by atoms with Crippen LogP contribution in [0, 0.1) is 5.82 Å². The summed E-state index contributed by atoms with van der Waals surface area (Å²) < 4.78 is 19.3. The van der Waals surface area contributed by atoms with Crippen molar-refractivity contribution in [2.45, 2.75) is 19.9 Å². The lowest BCUT2D eigenvalue weighted by molar-refractivity contribution is -0.132. The lowest BCUT2D eigenvalue weighted by Gasteiger charge is -2.34. The van der Waals surface area contributed by atoms with E-state index in [4.69, 9.17) is 4.74 Å². The van der Waals surface area contributed by atoms with Gasteiger partial charge in [0.2, 0.25) is 5.91 Å². The Morgan fingerprint density at radius 1 is 1.10 bits per heavy atom. The van der Waals surface area contributed by atoms with E-state index >= 15 is 0 Å². The van der Waals surface area contributed by atoms with Gasteiger partial charge in [-0.1, -0.05) is 12.1 Å². The highest BCUT2D eigenvalue weighted by atomic mass is 79.9. The molecule has 0 spiro atoms. The number of amides is 2. The van der Waals surface area contributed by atoms with Gasteiger partial charge in [0.1, 0.15) is 11.6 Å². The molecule has 1 heterocycles. The largest absolute Gasteiger partial charge is 0.494 e. The highest BCUT2D eigenvalue weighted by Gasteiger charge is 2.21. The smallest absolute Gasteiger partial charge is 0.252 e. The molecule has 1 aliphatic heterocycles. The third kappa shape index (κ3) is 6.77. The summed E-state index contributed by atoms with van der Waals surface area (Å²) in [5, 5.41) is 2.69. The Labute approximate surface area is 190 Å². The molecule has 166 valence electrons.